The minimum Gasteiger partial charge on any atom is -0.345 e. The normalized spacial score (nSPS) is 13.5. The van der Waals surface area contributed by atoms with Crippen LogP contribution in [0, 0.1) is 6.92 Å². The van der Waals surface area contributed by atoms with Crippen molar-refractivity contribution < 1.29 is 4.79 Å². The number of aryl methyl sites for hydroxylation is 2. The van der Waals surface area contributed by atoms with Crippen LogP contribution in [0.25, 0.3) is 5.69 Å². The Labute approximate surface area is 152 Å². The lowest BCUT2D eigenvalue weighted by Crippen LogP contribution is -2.28. The molecule has 0 fully saturated rings. The first kappa shape index (κ1) is 16.5. The number of aromatic nitrogens is 4. The lowest BCUT2D eigenvalue weighted by molar-refractivity contribution is 0.0943. The van der Waals surface area contributed by atoms with Crippen molar-refractivity contribution in [2.24, 2.45) is 7.05 Å². The molecule has 0 saturated heterocycles. The summed E-state index contributed by atoms with van der Waals surface area (Å²) in [5, 5.41) is 15.2. The SMILES string of the molecule is Cc1ccc(-n2ccc(CNC(=O)c3nn(C)c4c3CNCC4)n2)cc1. The number of hydrogen-bond acceptors (Lipinski definition) is 4. The molecular weight excluding hydrogens is 328 g/mol. The number of benzene rings is 1. The molecule has 0 spiro atoms. The van der Waals surface area contributed by atoms with E-state index in [0.717, 1.165) is 35.6 Å². The van der Waals surface area contributed by atoms with Crippen LogP contribution in [0.1, 0.15) is 33.0 Å². The summed E-state index contributed by atoms with van der Waals surface area (Å²) in [7, 11) is 1.89. The van der Waals surface area contributed by atoms with Gasteiger partial charge in [0.05, 0.1) is 17.9 Å². The van der Waals surface area contributed by atoms with Crippen LogP contribution in [0.15, 0.2) is 36.5 Å². The number of nitrogens with zero attached hydrogens (tertiary/aromatic N) is 4. The minimum absolute atomic E-state index is 0.157. The average molecular weight is 350 g/mol. The van der Waals surface area contributed by atoms with Gasteiger partial charge >= 0.3 is 0 Å². The minimum atomic E-state index is -0.157. The van der Waals surface area contributed by atoms with Gasteiger partial charge in [-0.25, -0.2) is 4.68 Å². The van der Waals surface area contributed by atoms with Crippen LogP contribution in [-0.2, 0) is 26.6 Å². The van der Waals surface area contributed by atoms with E-state index in [0.29, 0.717) is 18.8 Å². The van der Waals surface area contributed by atoms with E-state index in [1.54, 1.807) is 0 Å². The van der Waals surface area contributed by atoms with Crippen molar-refractivity contribution in [1.29, 1.82) is 0 Å². The largest absolute Gasteiger partial charge is 0.345 e. The predicted molar refractivity (Wildman–Crippen MR) is 98.1 cm³/mol. The highest BCUT2D eigenvalue weighted by Crippen LogP contribution is 2.17. The second-order valence-corrected chi connectivity index (χ2v) is 6.59. The molecule has 7 nitrogen and oxygen atoms in total. The van der Waals surface area contributed by atoms with E-state index < -0.39 is 0 Å². The molecule has 2 N–H and O–H groups in total. The standard InChI is InChI=1S/C19H22N6O/c1-13-3-5-15(6-4-13)25-10-8-14(22-25)11-21-19(26)18-16-12-20-9-7-17(16)24(2)23-18/h3-6,8,10,20H,7,9,11-12H2,1-2H3,(H,21,26). The van der Waals surface area contributed by atoms with Gasteiger partial charge in [-0.2, -0.15) is 10.2 Å². The number of nitrogens with one attached hydrogen (secondary N) is 2. The Kier molecular flexibility index (Phi) is 4.30. The summed E-state index contributed by atoms with van der Waals surface area (Å²) < 4.78 is 3.63. The monoisotopic (exact) mass is 350 g/mol. The topological polar surface area (TPSA) is 76.8 Å². The van der Waals surface area contributed by atoms with Crippen molar-refractivity contribution in [2.75, 3.05) is 6.54 Å². The number of carbonyl (C=O) groups excluding carboxylic acids is 1. The number of hydrogen-bond donors (Lipinski definition) is 2. The maximum absolute atomic E-state index is 12.6. The van der Waals surface area contributed by atoms with Gasteiger partial charge in [-0.05, 0) is 25.1 Å². The van der Waals surface area contributed by atoms with Crippen LogP contribution < -0.4 is 10.6 Å². The van der Waals surface area contributed by atoms with E-state index in [2.05, 4.69) is 39.9 Å². The summed E-state index contributed by atoms with van der Waals surface area (Å²) in [6.07, 6.45) is 2.80. The molecule has 0 unspecified atom stereocenters. The van der Waals surface area contributed by atoms with Crippen molar-refractivity contribution in [3.05, 3.63) is 64.7 Å². The highest BCUT2D eigenvalue weighted by Gasteiger charge is 2.23. The quantitative estimate of drug-likeness (QED) is 0.747. The molecule has 3 heterocycles. The average Bonchev–Trinajstić information content (AvgIpc) is 3.26. The number of rotatable bonds is 4. The van der Waals surface area contributed by atoms with Crippen molar-refractivity contribution in [3.8, 4) is 5.69 Å². The zero-order chi connectivity index (χ0) is 18.1. The third-order valence-corrected chi connectivity index (χ3v) is 4.70. The third-order valence-electron chi connectivity index (χ3n) is 4.70. The first-order valence-electron chi connectivity index (χ1n) is 8.77. The van der Waals surface area contributed by atoms with E-state index in [4.69, 9.17) is 0 Å². The molecule has 0 aliphatic carbocycles. The zero-order valence-corrected chi connectivity index (χ0v) is 15.0. The van der Waals surface area contributed by atoms with Gasteiger partial charge in [-0.3, -0.25) is 9.48 Å². The van der Waals surface area contributed by atoms with Gasteiger partial charge < -0.3 is 10.6 Å². The van der Waals surface area contributed by atoms with E-state index in [1.165, 1.54) is 5.56 Å². The second-order valence-electron chi connectivity index (χ2n) is 6.59. The highest BCUT2D eigenvalue weighted by molar-refractivity contribution is 5.94. The van der Waals surface area contributed by atoms with Crippen LogP contribution in [0.3, 0.4) is 0 Å². The van der Waals surface area contributed by atoms with Crippen LogP contribution in [0.5, 0.6) is 0 Å². The van der Waals surface area contributed by atoms with Gasteiger partial charge in [-0.1, -0.05) is 17.7 Å². The molecule has 3 aromatic rings. The van der Waals surface area contributed by atoms with Crippen molar-refractivity contribution >= 4 is 5.91 Å². The molecule has 26 heavy (non-hydrogen) atoms. The number of carbonyl (C=O) groups is 1. The van der Waals surface area contributed by atoms with Crippen LogP contribution >= 0.6 is 0 Å². The zero-order valence-electron chi connectivity index (χ0n) is 15.0. The molecule has 1 amide bonds. The summed E-state index contributed by atoms with van der Waals surface area (Å²) in [5.41, 5.74) is 5.66. The molecule has 2 aromatic heterocycles. The summed E-state index contributed by atoms with van der Waals surface area (Å²) in [4.78, 5) is 12.6. The van der Waals surface area contributed by atoms with Crippen molar-refractivity contribution in [3.63, 3.8) is 0 Å². The highest BCUT2D eigenvalue weighted by atomic mass is 16.2. The predicted octanol–water partition coefficient (Wildman–Crippen LogP) is 1.49. The van der Waals surface area contributed by atoms with Gasteiger partial charge in [0.25, 0.3) is 5.91 Å². The van der Waals surface area contributed by atoms with Crippen LogP contribution in [0.4, 0.5) is 0 Å². The Morgan fingerprint density at radius 2 is 2.04 bits per heavy atom. The smallest absolute Gasteiger partial charge is 0.272 e. The molecule has 1 aliphatic rings. The fourth-order valence-electron chi connectivity index (χ4n) is 3.26. The van der Waals surface area contributed by atoms with E-state index in [9.17, 15) is 4.79 Å². The van der Waals surface area contributed by atoms with Gasteiger partial charge in [0.15, 0.2) is 5.69 Å². The Bertz CT molecular complexity index is 938. The number of amides is 1. The Morgan fingerprint density at radius 3 is 2.85 bits per heavy atom. The maximum atomic E-state index is 12.6. The Morgan fingerprint density at radius 1 is 1.23 bits per heavy atom. The molecular formula is C19H22N6O. The molecule has 0 saturated carbocycles. The molecule has 7 heteroatoms. The molecule has 134 valence electrons. The summed E-state index contributed by atoms with van der Waals surface area (Å²) in [6, 6.07) is 10.1. The Balaban J connectivity index is 1.45. The maximum Gasteiger partial charge on any atom is 0.272 e. The van der Waals surface area contributed by atoms with Gasteiger partial charge in [-0.15, -0.1) is 0 Å². The van der Waals surface area contributed by atoms with Crippen molar-refractivity contribution in [2.45, 2.75) is 26.4 Å². The van der Waals surface area contributed by atoms with Gasteiger partial charge in [0.1, 0.15) is 0 Å². The summed E-state index contributed by atoms with van der Waals surface area (Å²) in [6.45, 7) is 4.04. The number of fused-ring (bicyclic) bond motifs is 1. The van der Waals surface area contributed by atoms with E-state index in [-0.39, 0.29) is 5.91 Å². The Hall–Kier alpha value is -2.93. The lowest BCUT2D eigenvalue weighted by atomic mass is 10.1. The van der Waals surface area contributed by atoms with Gasteiger partial charge in [0, 0.05) is 44.0 Å². The van der Waals surface area contributed by atoms with Crippen LogP contribution in [-0.4, -0.2) is 32.0 Å². The molecule has 0 bridgehead atoms. The summed E-state index contributed by atoms with van der Waals surface area (Å²) >= 11 is 0. The van der Waals surface area contributed by atoms with E-state index in [1.807, 2.05) is 40.8 Å². The molecule has 0 radical (unpaired) electrons. The molecule has 0 atom stereocenters. The van der Waals surface area contributed by atoms with Gasteiger partial charge in [0.2, 0.25) is 0 Å². The molecule has 1 aromatic carbocycles. The second kappa shape index (κ2) is 6.76. The van der Waals surface area contributed by atoms with E-state index >= 15 is 0 Å². The molecule has 1 aliphatic heterocycles. The van der Waals surface area contributed by atoms with Crippen molar-refractivity contribution in [1.82, 2.24) is 30.2 Å². The first-order valence-corrected chi connectivity index (χ1v) is 8.77. The third kappa shape index (κ3) is 3.13. The first-order chi connectivity index (χ1) is 12.6. The summed E-state index contributed by atoms with van der Waals surface area (Å²) in [5.74, 6) is -0.157. The van der Waals surface area contributed by atoms with Crippen LogP contribution in [0.2, 0.25) is 0 Å². The fraction of sp³-hybridized carbons (Fsp3) is 0.316. The molecule has 4 rings (SSSR count). The lowest BCUT2D eigenvalue weighted by Gasteiger charge is -2.14. The fourth-order valence-corrected chi connectivity index (χ4v) is 3.26.